The first-order valence-electron chi connectivity index (χ1n) is 6.80. The van der Waals surface area contributed by atoms with E-state index in [2.05, 4.69) is 54.0 Å². The van der Waals surface area contributed by atoms with Crippen LogP contribution in [-0.4, -0.2) is 12.7 Å². The van der Waals surface area contributed by atoms with Crippen molar-refractivity contribution in [1.29, 1.82) is 0 Å². The summed E-state index contributed by atoms with van der Waals surface area (Å²) in [6.45, 7) is 4.35. The minimum atomic E-state index is 0.00366. The molecule has 1 nitrogen and oxygen atoms in total. The van der Waals surface area contributed by atoms with Gasteiger partial charge in [0.15, 0.2) is 0 Å². The molecule has 1 aromatic rings. The zero-order valence-corrected chi connectivity index (χ0v) is 13.2. The Balaban J connectivity index is 2.01. The molecule has 0 heterocycles. The van der Waals surface area contributed by atoms with Crippen molar-refractivity contribution in [2.24, 2.45) is 5.92 Å². The fourth-order valence-corrected chi connectivity index (χ4v) is 3.67. The Kier molecular flexibility index (Phi) is 4.50. The molecule has 0 aliphatic heterocycles. The van der Waals surface area contributed by atoms with E-state index >= 15 is 0 Å². The van der Waals surface area contributed by atoms with Crippen LogP contribution in [-0.2, 0) is 11.2 Å². The van der Waals surface area contributed by atoms with Gasteiger partial charge < -0.3 is 4.74 Å². The maximum Gasteiger partial charge on any atom is 0.0622 e. The highest BCUT2D eigenvalue weighted by molar-refractivity contribution is 9.09. The summed E-state index contributed by atoms with van der Waals surface area (Å²) in [6, 6.07) is 8.82. The fourth-order valence-electron chi connectivity index (χ4n) is 2.70. The lowest BCUT2D eigenvalue weighted by atomic mass is 9.80. The Bertz CT molecular complexity index is 400. The second kappa shape index (κ2) is 5.75. The minimum absolute atomic E-state index is 0.00366. The topological polar surface area (TPSA) is 9.23 Å². The Morgan fingerprint density at radius 1 is 1.33 bits per heavy atom. The van der Waals surface area contributed by atoms with Crippen LogP contribution >= 0.6 is 15.9 Å². The van der Waals surface area contributed by atoms with Gasteiger partial charge in [0.05, 0.1) is 5.60 Å². The predicted molar refractivity (Wildman–Crippen MR) is 80.2 cm³/mol. The summed E-state index contributed by atoms with van der Waals surface area (Å²) in [5.41, 5.74) is 3.01. The lowest BCUT2D eigenvalue weighted by molar-refractivity contribution is 0.00986. The third-order valence-electron chi connectivity index (χ3n) is 4.22. The normalized spacial score (nSPS) is 23.8. The van der Waals surface area contributed by atoms with Gasteiger partial charge >= 0.3 is 0 Å². The largest absolute Gasteiger partial charge is 0.379 e. The van der Waals surface area contributed by atoms with Gasteiger partial charge in [0, 0.05) is 11.9 Å². The molecule has 2 atom stereocenters. The van der Waals surface area contributed by atoms with Gasteiger partial charge in [-0.3, -0.25) is 0 Å². The average molecular weight is 311 g/mol. The molecule has 18 heavy (non-hydrogen) atoms. The molecule has 0 N–H and O–H groups in total. The van der Waals surface area contributed by atoms with Gasteiger partial charge in [0.2, 0.25) is 0 Å². The average Bonchev–Trinajstić information content (AvgIpc) is 2.38. The van der Waals surface area contributed by atoms with E-state index in [1.807, 2.05) is 7.11 Å². The van der Waals surface area contributed by atoms with Crippen molar-refractivity contribution in [1.82, 2.24) is 0 Å². The van der Waals surface area contributed by atoms with E-state index in [9.17, 15) is 0 Å². The lowest BCUT2D eigenvalue weighted by Gasteiger charge is -2.32. The molecule has 2 heteroatoms. The SMILES string of the molecule is COC(C)(C)CCC1CCc2ccccc2C1Br. The number of benzene rings is 1. The lowest BCUT2D eigenvalue weighted by Crippen LogP contribution is -2.25. The Morgan fingerprint density at radius 2 is 2.06 bits per heavy atom. The monoisotopic (exact) mass is 310 g/mol. The van der Waals surface area contributed by atoms with E-state index in [0.29, 0.717) is 4.83 Å². The van der Waals surface area contributed by atoms with E-state index < -0.39 is 0 Å². The summed E-state index contributed by atoms with van der Waals surface area (Å²) in [7, 11) is 1.81. The molecule has 100 valence electrons. The molecular formula is C16H23BrO. The first kappa shape index (κ1) is 14.1. The summed E-state index contributed by atoms with van der Waals surface area (Å²) < 4.78 is 5.52. The molecule has 1 aliphatic rings. The number of methoxy groups -OCH3 is 1. The highest BCUT2D eigenvalue weighted by atomic mass is 79.9. The highest BCUT2D eigenvalue weighted by Crippen LogP contribution is 2.43. The van der Waals surface area contributed by atoms with Crippen molar-refractivity contribution < 1.29 is 4.74 Å². The Morgan fingerprint density at radius 3 is 2.78 bits per heavy atom. The second-order valence-electron chi connectivity index (χ2n) is 5.90. The van der Waals surface area contributed by atoms with Crippen LogP contribution in [0.25, 0.3) is 0 Å². The van der Waals surface area contributed by atoms with Gasteiger partial charge in [-0.15, -0.1) is 0 Å². The van der Waals surface area contributed by atoms with Crippen LogP contribution in [0.1, 0.15) is 49.1 Å². The van der Waals surface area contributed by atoms with Gasteiger partial charge in [-0.05, 0) is 56.6 Å². The molecule has 2 unspecified atom stereocenters. The van der Waals surface area contributed by atoms with Crippen LogP contribution in [0.2, 0.25) is 0 Å². The quantitative estimate of drug-likeness (QED) is 0.719. The number of fused-ring (bicyclic) bond motifs is 1. The van der Waals surface area contributed by atoms with Crippen LogP contribution in [0.5, 0.6) is 0 Å². The van der Waals surface area contributed by atoms with Crippen molar-refractivity contribution in [3.05, 3.63) is 35.4 Å². The number of alkyl halides is 1. The van der Waals surface area contributed by atoms with Crippen LogP contribution < -0.4 is 0 Å². The molecule has 0 amide bonds. The molecule has 0 radical (unpaired) electrons. The van der Waals surface area contributed by atoms with Gasteiger partial charge in [-0.2, -0.15) is 0 Å². The number of hydrogen-bond donors (Lipinski definition) is 0. The van der Waals surface area contributed by atoms with Gasteiger partial charge in [0.1, 0.15) is 0 Å². The van der Waals surface area contributed by atoms with Crippen molar-refractivity contribution >= 4 is 15.9 Å². The van der Waals surface area contributed by atoms with Gasteiger partial charge in [0.25, 0.3) is 0 Å². The maximum atomic E-state index is 5.52. The number of hydrogen-bond acceptors (Lipinski definition) is 1. The molecule has 0 saturated carbocycles. The predicted octanol–water partition coefficient (Wildman–Crippen LogP) is 4.89. The van der Waals surface area contributed by atoms with Crippen molar-refractivity contribution in [3.8, 4) is 0 Å². The summed E-state index contributed by atoms with van der Waals surface area (Å²) in [4.78, 5) is 0.509. The van der Waals surface area contributed by atoms with E-state index in [-0.39, 0.29) is 5.60 Å². The Labute approximate surface area is 119 Å². The molecule has 1 aromatic carbocycles. The first-order valence-corrected chi connectivity index (χ1v) is 7.72. The molecular weight excluding hydrogens is 288 g/mol. The van der Waals surface area contributed by atoms with Crippen molar-refractivity contribution in [2.75, 3.05) is 7.11 Å². The summed E-state index contributed by atoms with van der Waals surface area (Å²) in [6.07, 6.45) is 4.85. The van der Waals surface area contributed by atoms with Crippen LogP contribution in [0, 0.1) is 5.92 Å². The van der Waals surface area contributed by atoms with Crippen LogP contribution in [0.15, 0.2) is 24.3 Å². The molecule has 0 spiro atoms. The van der Waals surface area contributed by atoms with E-state index in [1.54, 1.807) is 0 Å². The molecule has 0 bridgehead atoms. The number of halogens is 1. The summed E-state index contributed by atoms with van der Waals surface area (Å²) in [5.74, 6) is 0.731. The zero-order valence-electron chi connectivity index (χ0n) is 11.6. The summed E-state index contributed by atoms with van der Waals surface area (Å²) >= 11 is 3.90. The highest BCUT2D eigenvalue weighted by Gasteiger charge is 2.29. The molecule has 0 fully saturated rings. The van der Waals surface area contributed by atoms with E-state index in [0.717, 1.165) is 12.3 Å². The molecule has 0 saturated heterocycles. The second-order valence-corrected chi connectivity index (χ2v) is 6.89. The molecule has 0 aromatic heterocycles. The van der Waals surface area contributed by atoms with Crippen LogP contribution in [0.4, 0.5) is 0 Å². The van der Waals surface area contributed by atoms with E-state index in [1.165, 1.54) is 30.4 Å². The Hall–Kier alpha value is -0.340. The van der Waals surface area contributed by atoms with E-state index in [4.69, 9.17) is 4.74 Å². The zero-order chi connectivity index (χ0) is 13.2. The fraction of sp³-hybridized carbons (Fsp3) is 0.625. The number of aryl methyl sites for hydroxylation is 1. The maximum absolute atomic E-state index is 5.52. The minimum Gasteiger partial charge on any atom is -0.379 e. The summed E-state index contributed by atoms with van der Waals surface area (Å²) in [5, 5.41) is 0. The molecule has 2 rings (SSSR count). The van der Waals surface area contributed by atoms with Crippen molar-refractivity contribution in [3.63, 3.8) is 0 Å². The third-order valence-corrected chi connectivity index (χ3v) is 5.46. The number of ether oxygens (including phenoxy) is 1. The third kappa shape index (κ3) is 3.16. The first-order chi connectivity index (χ1) is 8.53. The number of rotatable bonds is 4. The smallest absolute Gasteiger partial charge is 0.0622 e. The van der Waals surface area contributed by atoms with Gasteiger partial charge in [-0.1, -0.05) is 40.2 Å². The van der Waals surface area contributed by atoms with Crippen molar-refractivity contribution in [2.45, 2.75) is 50.0 Å². The molecule has 1 aliphatic carbocycles. The standard InChI is InChI=1S/C16H23BrO/c1-16(2,18-3)11-10-13-9-8-12-6-4-5-7-14(12)15(13)17/h4-7,13,15H,8-11H2,1-3H3. The van der Waals surface area contributed by atoms with Gasteiger partial charge in [-0.25, -0.2) is 0 Å². The van der Waals surface area contributed by atoms with Crippen LogP contribution in [0.3, 0.4) is 0 Å².